The van der Waals surface area contributed by atoms with Gasteiger partial charge in [0.2, 0.25) is 5.85 Å². The van der Waals surface area contributed by atoms with E-state index in [1.165, 1.54) is 57.8 Å². The van der Waals surface area contributed by atoms with E-state index in [0.29, 0.717) is 6.42 Å². The van der Waals surface area contributed by atoms with Crippen molar-refractivity contribution in [2.45, 2.75) is 109 Å². The maximum absolute atomic E-state index is 12.5. The molecule has 0 aromatic carbocycles. The molecule has 0 spiro atoms. The lowest BCUT2D eigenvalue weighted by Gasteiger charge is -2.31. The number of rotatable bonds is 24. The molecule has 0 bridgehead atoms. The van der Waals surface area contributed by atoms with Crippen molar-refractivity contribution in [3.63, 3.8) is 0 Å². The number of hydrogen-bond acceptors (Lipinski definition) is 7. The zero-order valence-electron chi connectivity index (χ0n) is 23.3. The topological polar surface area (TPSA) is 160 Å². The molecular weight excluding hydrogens is 524 g/mol. The monoisotopic (exact) mass is 576 g/mol. The fourth-order valence-electron chi connectivity index (χ4n) is 3.70. The number of phosphoric ester groups is 1. The van der Waals surface area contributed by atoms with Gasteiger partial charge < -0.3 is 33.5 Å². The summed E-state index contributed by atoms with van der Waals surface area (Å²) in [5.74, 6) is -2.28. The van der Waals surface area contributed by atoms with Crippen LogP contribution < -0.4 is 0 Å². The Hall–Kier alpha value is -0.350. The summed E-state index contributed by atoms with van der Waals surface area (Å²) in [7, 11) is -4.81. The summed E-state index contributed by atoms with van der Waals surface area (Å²) in [6, 6.07) is 0. The number of quaternary nitrogens is 1. The first-order valence-corrected chi connectivity index (χ1v) is 16.7. The lowest BCUT2D eigenvalue weighted by Crippen LogP contribution is -2.42. The minimum atomic E-state index is -5.06. The van der Waals surface area contributed by atoms with Crippen LogP contribution in [0.3, 0.4) is 0 Å². The second kappa shape index (κ2) is 19.7. The van der Waals surface area contributed by atoms with Gasteiger partial charge in [-0.3, -0.25) is 13.9 Å². The molecule has 0 heterocycles. The number of unbranched alkanes of at least 4 members (excludes halogenated alkanes) is 12. The average molecular weight is 577 g/mol. The van der Waals surface area contributed by atoms with Crippen LogP contribution in [0.2, 0.25) is 0 Å². The molecule has 0 radical (unpaired) electrons. The van der Waals surface area contributed by atoms with Gasteiger partial charge in [0.05, 0.1) is 27.7 Å². The molecule has 11 nitrogen and oxygen atoms in total. The summed E-state index contributed by atoms with van der Waals surface area (Å²) in [5, 5.41) is 9.96. The Balaban J connectivity index is 4.02. The van der Waals surface area contributed by atoms with Gasteiger partial charge in [-0.05, 0) is 6.42 Å². The Bertz CT molecular complexity index is 696. The predicted molar refractivity (Wildman–Crippen MR) is 143 cm³/mol. The van der Waals surface area contributed by atoms with Crippen molar-refractivity contribution >= 4 is 21.4 Å². The number of carbonyl (C=O) groups is 1. The van der Waals surface area contributed by atoms with Crippen molar-refractivity contribution in [3.8, 4) is 0 Å². The van der Waals surface area contributed by atoms with Crippen LogP contribution in [0.25, 0.3) is 0 Å². The van der Waals surface area contributed by atoms with Gasteiger partial charge in [-0.2, -0.15) is 0 Å². The van der Waals surface area contributed by atoms with Gasteiger partial charge in [0, 0.05) is 6.42 Å². The summed E-state index contributed by atoms with van der Waals surface area (Å²) in [6.45, 7) is 0.907. The first-order valence-electron chi connectivity index (χ1n) is 13.5. The largest absolute Gasteiger partial charge is 0.470 e. The first kappa shape index (κ1) is 36.6. The average Bonchev–Trinajstić information content (AvgIpc) is 2.77. The minimum Gasteiger partial charge on any atom is -0.463 e. The number of nitrogens with zero attached hydrogens (tertiary/aromatic N) is 1. The van der Waals surface area contributed by atoms with Gasteiger partial charge in [-0.1, -0.05) is 84.0 Å². The number of phosphoric acid groups is 1. The van der Waals surface area contributed by atoms with Gasteiger partial charge in [-0.25, -0.2) is 4.57 Å². The van der Waals surface area contributed by atoms with E-state index in [2.05, 4.69) is 11.4 Å². The molecule has 3 atom stereocenters. The zero-order chi connectivity index (χ0) is 28.4. The fraction of sp³-hybridized carbons (Fsp3) is 0.958. The highest BCUT2D eigenvalue weighted by Crippen LogP contribution is 2.54. The Morgan fingerprint density at radius 3 is 1.68 bits per heavy atom. The van der Waals surface area contributed by atoms with Gasteiger partial charge in [0.1, 0.15) is 19.3 Å². The maximum Gasteiger partial charge on any atom is 0.470 e. The summed E-state index contributed by atoms with van der Waals surface area (Å²) in [6.07, 6.45) is 14.5. The number of ether oxygens (including phenoxy) is 1. The molecule has 222 valence electrons. The van der Waals surface area contributed by atoms with Gasteiger partial charge >= 0.3 is 21.4 Å². The minimum absolute atomic E-state index is 0.0674. The quantitative estimate of drug-likeness (QED) is 0.0548. The second-order valence-corrected chi connectivity index (χ2v) is 13.9. The van der Waals surface area contributed by atoms with E-state index in [1.54, 1.807) is 21.1 Å². The summed E-state index contributed by atoms with van der Waals surface area (Å²) >= 11 is 0. The molecule has 0 saturated carbocycles. The van der Waals surface area contributed by atoms with Gasteiger partial charge in [-0.15, -0.1) is 0 Å². The van der Waals surface area contributed by atoms with Crippen LogP contribution in [0.1, 0.15) is 96.8 Å². The number of esters is 1. The summed E-state index contributed by atoms with van der Waals surface area (Å²) < 4.78 is 38.1. The Kier molecular flexibility index (Phi) is 19.5. The molecule has 0 fully saturated rings. The van der Waals surface area contributed by atoms with Crippen LogP contribution in [0.5, 0.6) is 0 Å². The van der Waals surface area contributed by atoms with E-state index >= 15 is 0 Å². The predicted octanol–water partition coefficient (Wildman–Crippen LogP) is 4.72. The molecule has 0 rings (SSSR count). The van der Waals surface area contributed by atoms with Crippen LogP contribution in [0, 0.1) is 0 Å². The van der Waals surface area contributed by atoms with E-state index < -0.39 is 46.6 Å². The summed E-state index contributed by atoms with van der Waals surface area (Å²) in [5.41, 5.74) is 0. The second-order valence-electron chi connectivity index (χ2n) is 10.7. The SMILES string of the molecule is CCCCCCCCCCCCCCCC(=O)OCC(O)COP(=O)(O)C(C[N+](C)(C)C)OP(=O)(O)O. The number of aliphatic hydroxyl groups is 1. The molecule has 13 heteroatoms. The Morgan fingerprint density at radius 2 is 1.24 bits per heavy atom. The highest BCUT2D eigenvalue weighted by atomic mass is 31.2. The molecule has 0 aliphatic rings. The highest BCUT2D eigenvalue weighted by Gasteiger charge is 2.42. The Labute approximate surface area is 223 Å². The van der Waals surface area contributed by atoms with E-state index in [4.69, 9.17) is 19.0 Å². The van der Waals surface area contributed by atoms with Crippen LogP contribution in [-0.4, -0.2) is 83.1 Å². The number of aliphatic hydroxyl groups excluding tert-OH is 1. The smallest absolute Gasteiger partial charge is 0.463 e. The molecule has 37 heavy (non-hydrogen) atoms. The molecule has 4 N–H and O–H groups in total. The maximum atomic E-state index is 12.5. The molecule has 0 aromatic heterocycles. The van der Waals surface area contributed by atoms with Crippen molar-refractivity contribution in [3.05, 3.63) is 0 Å². The Morgan fingerprint density at radius 1 is 0.784 bits per heavy atom. The van der Waals surface area contributed by atoms with Crippen LogP contribution in [0.4, 0.5) is 0 Å². The van der Waals surface area contributed by atoms with Crippen molar-refractivity contribution in [1.82, 2.24) is 0 Å². The zero-order valence-corrected chi connectivity index (χ0v) is 25.0. The lowest BCUT2D eigenvalue weighted by molar-refractivity contribution is -0.871. The normalized spacial score (nSPS) is 15.8. The van der Waals surface area contributed by atoms with Crippen molar-refractivity contribution in [1.29, 1.82) is 0 Å². The van der Waals surface area contributed by atoms with Crippen LogP contribution >= 0.6 is 15.4 Å². The van der Waals surface area contributed by atoms with Gasteiger partial charge in [0.25, 0.3) is 0 Å². The highest BCUT2D eigenvalue weighted by molar-refractivity contribution is 7.54. The number of likely N-dealkylation sites (N-methyl/N-ethyl adjacent to an activating group) is 1. The van der Waals surface area contributed by atoms with Crippen molar-refractivity contribution < 1.29 is 52.0 Å². The van der Waals surface area contributed by atoms with Gasteiger partial charge in [0.15, 0.2) is 0 Å². The number of hydrogen-bond donors (Lipinski definition) is 4. The first-order chi connectivity index (χ1) is 17.2. The van der Waals surface area contributed by atoms with Crippen LogP contribution in [0.15, 0.2) is 0 Å². The number of carbonyl (C=O) groups excluding carboxylic acids is 1. The van der Waals surface area contributed by atoms with E-state index in [9.17, 15) is 23.9 Å². The molecule has 0 saturated heterocycles. The molecule has 0 aromatic rings. The molecule has 0 aliphatic heterocycles. The van der Waals surface area contributed by atoms with E-state index in [0.717, 1.165) is 19.3 Å². The lowest BCUT2D eigenvalue weighted by atomic mass is 10.0. The summed E-state index contributed by atoms with van der Waals surface area (Å²) in [4.78, 5) is 40.1. The molecule has 3 unspecified atom stereocenters. The van der Waals surface area contributed by atoms with Crippen LogP contribution in [-0.2, 0) is 27.7 Å². The third-order valence-electron chi connectivity index (χ3n) is 5.70. The van der Waals surface area contributed by atoms with E-state index in [1.807, 2.05) is 0 Å². The van der Waals surface area contributed by atoms with Crippen molar-refractivity contribution in [2.24, 2.45) is 0 Å². The molecule has 0 amide bonds. The third kappa shape index (κ3) is 23.3. The molecular formula is C24H52NO10P2+. The van der Waals surface area contributed by atoms with Crippen molar-refractivity contribution in [2.75, 3.05) is 40.9 Å². The third-order valence-corrected chi connectivity index (χ3v) is 7.91. The van der Waals surface area contributed by atoms with E-state index in [-0.39, 0.29) is 17.4 Å². The fourth-order valence-corrected chi connectivity index (χ4v) is 6.17. The molecule has 0 aliphatic carbocycles. The standard InChI is InChI=1S/C24H51NO10P2/c1-5-6-7-8-9-10-11-12-13-14-15-16-17-18-23(27)33-20-22(26)21-34-36(28,29)24(19-25(2,3)4)35-37(30,31)32/h22,24,26H,5-21H2,1-4H3,(H2-,28,29,30,31,32)/p+1.